The smallest absolute Gasteiger partial charge is 0.231 e. The predicted molar refractivity (Wildman–Crippen MR) is 98.3 cm³/mol. The first-order chi connectivity index (χ1) is 12.7. The number of nitrogens with one attached hydrogen (secondary N) is 2. The zero-order valence-corrected chi connectivity index (χ0v) is 14.7. The molecule has 0 saturated heterocycles. The zero-order chi connectivity index (χ0) is 17.9. The first kappa shape index (κ1) is 16.7. The molecule has 5 nitrogen and oxygen atoms in total. The molecule has 0 amide bonds. The highest BCUT2D eigenvalue weighted by atomic mass is 19.1. The number of rotatable bonds is 5. The largest absolute Gasteiger partial charge is 0.454 e. The molecule has 1 fully saturated rings. The number of hydrogen-bond donors (Lipinski definition) is 2. The van der Waals surface area contributed by atoms with Gasteiger partial charge in [0.05, 0.1) is 0 Å². The van der Waals surface area contributed by atoms with Gasteiger partial charge in [0.1, 0.15) is 5.82 Å². The lowest BCUT2D eigenvalue weighted by molar-refractivity contribution is 0.174. The number of fused-ring (bicyclic) bond motifs is 1. The van der Waals surface area contributed by atoms with Crippen LogP contribution in [-0.4, -0.2) is 32.4 Å². The second-order valence-corrected chi connectivity index (χ2v) is 6.55. The van der Waals surface area contributed by atoms with Gasteiger partial charge in [0.2, 0.25) is 6.79 Å². The maximum atomic E-state index is 13.9. The molecule has 2 atom stereocenters. The van der Waals surface area contributed by atoms with E-state index in [-0.39, 0.29) is 24.6 Å². The average Bonchev–Trinajstić information content (AvgIpc) is 3.25. The molecule has 2 aromatic rings. The zero-order valence-electron chi connectivity index (χ0n) is 14.7. The van der Waals surface area contributed by atoms with E-state index in [0.29, 0.717) is 0 Å². The van der Waals surface area contributed by atoms with E-state index in [1.165, 1.54) is 11.6 Å². The molecule has 6 heteroatoms. The molecule has 2 unspecified atom stereocenters. The van der Waals surface area contributed by atoms with Crippen molar-refractivity contribution in [3.8, 4) is 11.5 Å². The van der Waals surface area contributed by atoms with Gasteiger partial charge in [-0.15, -0.1) is 0 Å². The van der Waals surface area contributed by atoms with Crippen LogP contribution in [0.4, 0.5) is 4.39 Å². The lowest BCUT2D eigenvalue weighted by Gasteiger charge is -2.12. The number of benzene rings is 2. The third-order valence-electron chi connectivity index (χ3n) is 4.78. The summed E-state index contributed by atoms with van der Waals surface area (Å²) in [5, 5.41) is 6.69. The van der Waals surface area contributed by atoms with E-state index >= 15 is 0 Å². The van der Waals surface area contributed by atoms with Crippen LogP contribution in [0, 0.1) is 5.82 Å². The van der Waals surface area contributed by atoms with Crippen LogP contribution >= 0.6 is 0 Å². The summed E-state index contributed by atoms with van der Waals surface area (Å²) < 4.78 is 24.6. The van der Waals surface area contributed by atoms with Crippen molar-refractivity contribution in [2.75, 3.05) is 20.4 Å². The number of guanidine groups is 1. The van der Waals surface area contributed by atoms with Crippen molar-refractivity contribution in [2.45, 2.75) is 24.8 Å². The minimum absolute atomic E-state index is 0.132. The highest BCUT2D eigenvalue weighted by molar-refractivity contribution is 5.80. The van der Waals surface area contributed by atoms with Gasteiger partial charge in [-0.3, -0.25) is 4.99 Å². The molecule has 0 spiro atoms. The molecule has 136 valence electrons. The lowest BCUT2D eigenvalue weighted by Crippen LogP contribution is -2.39. The van der Waals surface area contributed by atoms with Gasteiger partial charge >= 0.3 is 0 Å². The molecular weight excluding hydrogens is 333 g/mol. The Morgan fingerprint density at radius 2 is 2.04 bits per heavy atom. The minimum Gasteiger partial charge on any atom is -0.454 e. The maximum absolute atomic E-state index is 13.9. The van der Waals surface area contributed by atoms with Gasteiger partial charge in [0, 0.05) is 25.6 Å². The average molecular weight is 355 g/mol. The van der Waals surface area contributed by atoms with Crippen molar-refractivity contribution in [3.05, 3.63) is 59.4 Å². The molecule has 1 aliphatic heterocycles. The fourth-order valence-electron chi connectivity index (χ4n) is 3.27. The number of nitrogens with zero attached hydrogens (tertiary/aromatic N) is 1. The quantitative estimate of drug-likeness (QED) is 0.640. The molecule has 2 aliphatic rings. The summed E-state index contributed by atoms with van der Waals surface area (Å²) in [6.45, 7) is 1.04. The minimum atomic E-state index is -0.132. The van der Waals surface area contributed by atoms with E-state index < -0.39 is 0 Å². The van der Waals surface area contributed by atoms with E-state index in [9.17, 15) is 4.39 Å². The Kier molecular flexibility index (Phi) is 4.65. The Bertz CT molecular complexity index is 824. The normalized spacial score (nSPS) is 20.8. The van der Waals surface area contributed by atoms with Crippen LogP contribution in [0.15, 0.2) is 47.5 Å². The molecule has 1 aliphatic carbocycles. The summed E-state index contributed by atoms with van der Waals surface area (Å²) >= 11 is 0. The van der Waals surface area contributed by atoms with Gasteiger partial charge in [-0.25, -0.2) is 4.39 Å². The Morgan fingerprint density at radius 3 is 2.88 bits per heavy atom. The molecule has 2 aromatic carbocycles. The summed E-state index contributed by atoms with van der Waals surface area (Å²) in [7, 11) is 1.75. The van der Waals surface area contributed by atoms with Crippen molar-refractivity contribution in [1.29, 1.82) is 0 Å². The summed E-state index contributed by atoms with van der Waals surface area (Å²) in [6.07, 6.45) is 1.77. The summed E-state index contributed by atoms with van der Waals surface area (Å²) in [5.74, 6) is 2.42. The monoisotopic (exact) mass is 355 g/mol. The van der Waals surface area contributed by atoms with Gasteiger partial charge in [0.15, 0.2) is 17.5 Å². The van der Waals surface area contributed by atoms with Gasteiger partial charge in [0.25, 0.3) is 0 Å². The van der Waals surface area contributed by atoms with E-state index in [4.69, 9.17) is 9.47 Å². The summed E-state index contributed by atoms with van der Waals surface area (Å²) in [6, 6.07) is 13.2. The second kappa shape index (κ2) is 7.23. The third kappa shape index (κ3) is 3.59. The Labute approximate surface area is 152 Å². The summed E-state index contributed by atoms with van der Waals surface area (Å²) in [4.78, 5) is 4.26. The van der Waals surface area contributed by atoms with E-state index in [1.54, 1.807) is 13.1 Å². The second-order valence-electron chi connectivity index (χ2n) is 6.55. The van der Waals surface area contributed by atoms with Gasteiger partial charge in [-0.05, 0) is 42.2 Å². The molecule has 2 N–H and O–H groups in total. The van der Waals surface area contributed by atoms with Gasteiger partial charge in [-0.2, -0.15) is 0 Å². The van der Waals surface area contributed by atoms with Crippen molar-refractivity contribution in [2.24, 2.45) is 4.99 Å². The molecule has 0 aromatic heterocycles. The maximum Gasteiger partial charge on any atom is 0.231 e. The Balaban J connectivity index is 1.26. The van der Waals surface area contributed by atoms with Crippen LogP contribution in [0.3, 0.4) is 0 Å². The molecule has 4 rings (SSSR count). The van der Waals surface area contributed by atoms with Crippen molar-refractivity contribution >= 4 is 5.96 Å². The topological polar surface area (TPSA) is 54.9 Å². The van der Waals surface area contributed by atoms with Crippen LogP contribution in [0.2, 0.25) is 0 Å². The number of aliphatic imine (C=N–C) groups is 1. The standard InChI is InChI=1S/C20H22FN3O2/c1-22-20(24-17-11-15(17)14-4-2-3-5-16(14)21)23-9-8-13-6-7-18-19(10-13)26-12-25-18/h2-7,10,15,17H,8-9,11-12H2,1H3,(H2,22,23,24). The molecule has 0 radical (unpaired) electrons. The highest BCUT2D eigenvalue weighted by Crippen LogP contribution is 2.41. The Hall–Kier alpha value is -2.76. The van der Waals surface area contributed by atoms with Crippen molar-refractivity contribution in [1.82, 2.24) is 10.6 Å². The number of ether oxygens (including phenoxy) is 2. The van der Waals surface area contributed by atoms with Gasteiger partial charge in [-0.1, -0.05) is 24.3 Å². The SMILES string of the molecule is CN=C(NCCc1ccc2c(c1)OCO2)NC1CC1c1ccccc1F. The fourth-order valence-corrected chi connectivity index (χ4v) is 3.27. The summed E-state index contributed by atoms with van der Waals surface area (Å²) in [5.41, 5.74) is 1.95. The van der Waals surface area contributed by atoms with Crippen LogP contribution < -0.4 is 20.1 Å². The number of halogens is 1. The van der Waals surface area contributed by atoms with Crippen LogP contribution in [-0.2, 0) is 6.42 Å². The molecule has 0 bridgehead atoms. The lowest BCUT2D eigenvalue weighted by atomic mass is 10.1. The third-order valence-corrected chi connectivity index (χ3v) is 4.78. The molecule has 1 saturated carbocycles. The molecule has 26 heavy (non-hydrogen) atoms. The first-order valence-electron chi connectivity index (χ1n) is 8.85. The predicted octanol–water partition coefficient (Wildman–Crippen LogP) is 2.82. The Morgan fingerprint density at radius 1 is 1.19 bits per heavy atom. The van der Waals surface area contributed by atoms with Crippen LogP contribution in [0.1, 0.15) is 23.5 Å². The first-order valence-corrected chi connectivity index (χ1v) is 8.85. The van der Waals surface area contributed by atoms with E-state index in [2.05, 4.69) is 15.6 Å². The van der Waals surface area contributed by atoms with E-state index in [1.807, 2.05) is 30.3 Å². The van der Waals surface area contributed by atoms with E-state index in [0.717, 1.165) is 42.4 Å². The van der Waals surface area contributed by atoms with Gasteiger partial charge < -0.3 is 20.1 Å². The highest BCUT2D eigenvalue weighted by Gasteiger charge is 2.40. The molecule has 1 heterocycles. The van der Waals surface area contributed by atoms with Crippen molar-refractivity contribution in [3.63, 3.8) is 0 Å². The van der Waals surface area contributed by atoms with Crippen LogP contribution in [0.5, 0.6) is 11.5 Å². The van der Waals surface area contributed by atoms with Crippen molar-refractivity contribution < 1.29 is 13.9 Å². The fraction of sp³-hybridized carbons (Fsp3) is 0.350. The van der Waals surface area contributed by atoms with Crippen LogP contribution in [0.25, 0.3) is 0 Å². The molecular formula is C20H22FN3O2. The number of hydrogen-bond acceptors (Lipinski definition) is 3.